The van der Waals surface area contributed by atoms with E-state index in [0.717, 1.165) is 12.1 Å². The van der Waals surface area contributed by atoms with Gasteiger partial charge in [-0.15, -0.1) is 11.8 Å². The first-order valence-electron chi connectivity index (χ1n) is 7.47. The number of carbonyl (C=O) groups is 1. The monoisotopic (exact) mass is 290 g/mol. The van der Waals surface area contributed by atoms with Gasteiger partial charge in [-0.05, 0) is 49.6 Å². The maximum Gasteiger partial charge on any atom is 0.241 e. The molecule has 1 saturated carbocycles. The first kappa shape index (κ1) is 14.0. The largest absolute Gasteiger partial charge is 0.325 e. The number of benzene rings is 1. The van der Waals surface area contributed by atoms with Gasteiger partial charge in [0.05, 0.1) is 6.04 Å². The summed E-state index contributed by atoms with van der Waals surface area (Å²) < 4.78 is 0. The molecule has 1 aromatic rings. The van der Waals surface area contributed by atoms with Gasteiger partial charge in [0, 0.05) is 16.6 Å². The molecular formula is C16H22N2OS. The Bertz CT molecular complexity index is 477. The van der Waals surface area contributed by atoms with Gasteiger partial charge in [-0.2, -0.15) is 0 Å². The first-order valence-corrected chi connectivity index (χ1v) is 8.69. The third kappa shape index (κ3) is 3.01. The molecule has 0 radical (unpaired) electrons. The summed E-state index contributed by atoms with van der Waals surface area (Å²) in [5, 5.41) is 6.58. The van der Waals surface area contributed by atoms with E-state index in [4.69, 9.17) is 0 Å². The van der Waals surface area contributed by atoms with Crippen LogP contribution in [0.25, 0.3) is 0 Å². The quantitative estimate of drug-likeness (QED) is 0.840. The number of fused-ring (bicyclic) bond motifs is 1. The third-order valence-electron chi connectivity index (χ3n) is 4.52. The SMILES string of the molecule is CSc1cccc(NC(=O)C2CC3CCCCC3N2)c1. The van der Waals surface area contributed by atoms with Crippen molar-refractivity contribution >= 4 is 23.4 Å². The van der Waals surface area contributed by atoms with Gasteiger partial charge in [0.15, 0.2) is 0 Å². The highest BCUT2D eigenvalue weighted by atomic mass is 32.2. The van der Waals surface area contributed by atoms with Crippen LogP contribution in [0.2, 0.25) is 0 Å². The molecule has 1 heterocycles. The lowest BCUT2D eigenvalue weighted by Crippen LogP contribution is -2.39. The second-order valence-corrected chi connectivity index (χ2v) is 6.71. The van der Waals surface area contributed by atoms with Crippen molar-refractivity contribution in [1.29, 1.82) is 0 Å². The summed E-state index contributed by atoms with van der Waals surface area (Å²) in [6.07, 6.45) is 8.19. The van der Waals surface area contributed by atoms with Crippen molar-refractivity contribution in [2.75, 3.05) is 11.6 Å². The third-order valence-corrected chi connectivity index (χ3v) is 5.24. The number of anilines is 1. The van der Waals surface area contributed by atoms with Crippen LogP contribution in [-0.2, 0) is 4.79 Å². The molecule has 2 N–H and O–H groups in total. The Morgan fingerprint density at radius 2 is 2.20 bits per heavy atom. The van der Waals surface area contributed by atoms with Gasteiger partial charge < -0.3 is 10.6 Å². The molecule has 2 fully saturated rings. The molecule has 0 spiro atoms. The van der Waals surface area contributed by atoms with Gasteiger partial charge in [-0.1, -0.05) is 18.9 Å². The summed E-state index contributed by atoms with van der Waals surface area (Å²) in [7, 11) is 0. The maximum atomic E-state index is 12.4. The molecule has 0 bridgehead atoms. The zero-order valence-electron chi connectivity index (χ0n) is 11.9. The van der Waals surface area contributed by atoms with Crippen LogP contribution < -0.4 is 10.6 Å². The smallest absolute Gasteiger partial charge is 0.241 e. The van der Waals surface area contributed by atoms with Crippen LogP contribution in [-0.4, -0.2) is 24.2 Å². The van der Waals surface area contributed by atoms with Crippen molar-refractivity contribution in [1.82, 2.24) is 5.32 Å². The van der Waals surface area contributed by atoms with E-state index in [9.17, 15) is 4.79 Å². The molecule has 2 aliphatic rings. The second kappa shape index (κ2) is 6.19. The van der Waals surface area contributed by atoms with Gasteiger partial charge in [-0.25, -0.2) is 0 Å². The van der Waals surface area contributed by atoms with Crippen molar-refractivity contribution in [3.63, 3.8) is 0 Å². The van der Waals surface area contributed by atoms with Crippen LogP contribution in [0, 0.1) is 5.92 Å². The highest BCUT2D eigenvalue weighted by Crippen LogP contribution is 2.33. The van der Waals surface area contributed by atoms with Crippen molar-refractivity contribution in [3.8, 4) is 0 Å². The fraction of sp³-hybridized carbons (Fsp3) is 0.562. The van der Waals surface area contributed by atoms with Crippen LogP contribution >= 0.6 is 11.8 Å². The van der Waals surface area contributed by atoms with E-state index in [0.29, 0.717) is 12.0 Å². The van der Waals surface area contributed by atoms with Gasteiger partial charge in [-0.3, -0.25) is 4.79 Å². The molecule has 3 atom stereocenters. The lowest BCUT2D eigenvalue weighted by molar-refractivity contribution is -0.117. The fourth-order valence-corrected chi connectivity index (χ4v) is 3.91. The number of thioether (sulfide) groups is 1. The van der Waals surface area contributed by atoms with E-state index >= 15 is 0 Å². The molecule has 3 nitrogen and oxygen atoms in total. The van der Waals surface area contributed by atoms with Gasteiger partial charge >= 0.3 is 0 Å². The van der Waals surface area contributed by atoms with E-state index in [2.05, 4.69) is 16.7 Å². The molecule has 1 aliphatic heterocycles. The van der Waals surface area contributed by atoms with E-state index < -0.39 is 0 Å². The number of amides is 1. The lowest BCUT2D eigenvalue weighted by Gasteiger charge is -2.24. The van der Waals surface area contributed by atoms with Gasteiger partial charge in [0.1, 0.15) is 0 Å². The molecule has 3 unspecified atom stereocenters. The summed E-state index contributed by atoms with van der Waals surface area (Å²) >= 11 is 1.69. The van der Waals surface area contributed by atoms with Gasteiger partial charge in [0.2, 0.25) is 5.91 Å². The highest BCUT2D eigenvalue weighted by molar-refractivity contribution is 7.98. The number of hydrogen-bond donors (Lipinski definition) is 2. The summed E-state index contributed by atoms with van der Waals surface area (Å²) in [5.74, 6) is 0.828. The minimum atomic E-state index is -0.0129. The Balaban J connectivity index is 1.61. The Morgan fingerprint density at radius 3 is 3.00 bits per heavy atom. The molecular weight excluding hydrogens is 268 g/mol. The number of carbonyl (C=O) groups excluding carboxylic acids is 1. The molecule has 4 heteroatoms. The minimum absolute atomic E-state index is 0.0129. The van der Waals surface area contributed by atoms with Crippen LogP contribution in [0.3, 0.4) is 0 Å². The predicted octanol–water partition coefficient (Wildman–Crippen LogP) is 3.27. The standard InChI is InChI=1S/C16H22N2OS/c1-20-13-7-4-6-12(10-13)17-16(19)15-9-11-5-2-3-8-14(11)18-15/h4,6-7,10-11,14-15,18H,2-3,5,8-9H2,1H3,(H,17,19). The second-order valence-electron chi connectivity index (χ2n) is 5.83. The summed E-state index contributed by atoms with van der Waals surface area (Å²) in [6.45, 7) is 0. The Hall–Kier alpha value is -1.00. The first-order chi connectivity index (χ1) is 9.76. The van der Waals surface area contributed by atoms with E-state index in [1.165, 1.54) is 30.6 Å². The zero-order valence-corrected chi connectivity index (χ0v) is 12.7. The van der Waals surface area contributed by atoms with Crippen molar-refractivity contribution in [3.05, 3.63) is 24.3 Å². The predicted molar refractivity (Wildman–Crippen MR) is 84.1 cm³/mol. The molecule has 1 aliphatic carbocycles. The lowest BCUT2D eigenvalue weighted by atomic mass is 9.85. The van der Waals surface area contributed by atoms with Crippen LogP contribution in [0.5, 0.6) is 0 Å². The summed E-state index contributed by atoms with van der Waals surface area (Å²) in [6, 6.07) is 8.59. The molecule has 1 aromatic carbocycles. The van der Waals surface area contributed by atoms with E-state index in [-0.39, 0.29) is 11.9 Å². The van der Waals surface area contributed by atoms with Crippen LogP contribution in [0.15, 0.2) is 29.2 Å². The number of rotatable bonds is 3. The minimum Gasteiger partial charge on any atom is -0.325 e. The number of nitrogens with one attached hydrogen (secondary N) is 2. The van der Waals surface area contributed by atoms with Crippen LogP contribution in [0.4, 0.5) is 5.69 Å². The maximum absolute atomic E-state index is 12.4. The highest BCUT2D eigenvalue weighted by Gasteiger charge is 2.38. The Kier molecular flexibility index (Phi) is 4.32. The zero-order chi connectivity index (χ0) is 13.9. The van der Waals surface area contributed by atoms with Gasteiger partial charge in [0.25, 0.3) is 0 Å². The average molecular weight is 290 g/mol. The summed E-state index contributed by atoms with van der Waals surface area (Å²) in [4.78, 5) is 13.6. The van der Waals surface area contributed by atoms with Crippen molar-refractivity contribution in [2.24, 2.45) is 5.92 Å². The summed E-state index contributed by atoms with van der Waals surface area (Å²) in [5.41, 5.74) is 0.901. The van der Waals surface area contributed by atoms with E-state index in [1.54, 1.807) is 11.8 Å². The Labute approximate surface area is 124 Å². The molecule has 0 aromatic heterocycles. The molecule has 1 saturated heterocycles. The number of hydrogen-bond acceptors (Lipinski definition) is 3. The molecule has 20 heavy (non-hydrogen) atoms. The molecule has 1 amide bonds. The van der Waals surface area contributed by atoms with Crippen molar-refractivity contribution < 1.29 is 4.79 Å². The Morgan fingerprint density at radius 1 is 1.35 bits per heavy atom. The average Bonchev–Trinajstić information content (AvgIpc) is 2.91. The topological polar surface area (TPSA) is 41.1 Å². The molecule has 108 valence electrons. The molecule has 3 rings (SSSR count). The fourth-order valence-electron chi connectivity index (χ4n) is 3.45. The van der Waals surface area contributed by atoms with E-state index in [1.807, 2.05) is 24.5 Å². The van der Waals surface area contributed by atoms with Crippen molar-refractivity contribution in [2.45, 2.75) is 49.1 Å². The van der Waals surface area contributed by atoms with Crippen LogP contribution in [0.1, 0.15) is 32.1 Å². The normalized spacial score (nSPS) is 28.9.